The van der Waals surface area contributed by atoms with E-state index in [1.807, 2.05) is 5.48 Å². The topological polar surface area (TPSA) is 303 Å². The predicted octanol–water partition coefficient (Wildman–Crippen LogP) is -2.03. The fraction of sp³-hybridized carbons (Fsp3) is 1.00. The summed E-state index contributed by atoms with van der Waals surface area (Å²) >= 11 is 0. The van der Waals surface area contributed by atoms with Crippen molar-refractivity contribution in [3.63, 3.8) is 0 Å². The molecule has 0 rings (SSSR count). The summed E-state index contributed by atoms with van der Waals surface area (Å²) in [6.45, 7) is 0.757. The van der Waals surface area contributed by atoms with Crippen molar-refractivity contribution in [2.24, 2.45) is 5.73 Å². The monoisotopic (exact) mass is 543 g/mol. The Morgan fingerprint density at radius 2 is 1.07 bits per heavy atom. The van der Waals surface area contributed by atoms with Crippen molar-refractivity contribution in [1.82, 2.24) is 10.8 Å². The zero-order valence-electron chi connectivity index (χ0n) is 13.4. The molecule has 0 aliphatic heterocycles. The molecule has 0 aliphatic rings. The van der Waals surface area contributed by atoms with E-state index in [0.717, 1.165) is 0 Å². The predicted molar refractivity (Wildman–Crippen MR) is 93.8 cm³/mol. The van der Waals surface area contributed by atoms with E-state index in [0.29, 0.717) is 13.1 Å². The third kappa shape index (κ3) is 18.8. The normalized spacial score (nSPS) is 20.5. The van der Waals surface area contributed by atoms with E-state index in [2.05, 4.69) is 27.2 Å². The van der Waals surface area contributed by atoms with Gasteiger partial charge in [0.2, 0.25) is 0 Å². The molecule has 0 saturated heterocycles. The van der Waals surface area contributed by atoms with Crippen LogP contribution in [0, 0.1) is 0 Å². The molecule has 4 atom stereocenters. The molecule has 25 heteroatoms. The summed E-state index contributed by atoms with van der Waals surface area (Å²) < 4.78 is 73.3. The number of hydrogen-bond donors (Lipinski definition) is 9. The molecular weight excluding hydrogens is 524 g/mol. The molecule has 29 heavy (non-hydrogen) atoms. The summed E-state index contributed by atoms with van der Waals surface area (Å²) in [5.41, 5.74) is 7.03. The van der Waals surface area contributed by atoms with Crippen molar-refractivity contribution in [3.8, 4) is 0 Å². The molecular formula is C4H19N3NaO16P5. The summed E-state index contributed by atoms with van der Waals surface area (Å²) in [5.74, 6) is 0. The first kappa shape index (κ1) is 32.8. The average molecular weight is 543 g/mol. The molecule has 0 fully saturated rings. The van der Waals surface area contributed by atoms with E-state index in [1.54, 1.807) is 0 Å². The summed E-state index contributed by atoms with van der Waals surface area (Å²) in [5, 5.41) is 2.73. The number of phosphoric acid groups is 5. The molecule has 0 amide bonds. The zero-order valence-corrected chi connectivity index (χ0v) is 17.9. The zero-order chi connectivity index (χ0) is 22.3. The second-order valence-corrected chi connectivity index (χ2v) is 11.7. The Morgan fingerprint density at radius 3 is 1.48 bits per heavy atom. The molecule has 0 radical (unpaired) electrons. The molecule has 10 N–H and O–H groups in total. The van der Waals surface area contributed by atoms with Gasteiger partial charge in [-0.25, -0.2) is 22.8 Å². The van der Waals surface area contributed by atoms with Crippen LogP contribution in [0.2, 0.25) is 0 Å². The summed E-state index contributed by atoms with van der Waals surface area (Å²) in [7, 11) is -29.2. The van der Waals surface area contributed by atoms with Crippen molar-refractivity contribution in [2.75, 3.05) is 26.2 Å². The van der Waals surface area contributed by atoms with Crippen LogP contribution in [0.5, 0.6) is 0 Å². The van der Waals surface area contributed by atoms with E-state index in [9.17, 15) is 27.7 Å². The Labute approximate surface area is 185 Å². The maximum absolute atomic E-state index is 11.5. The average Bonchev–Trinajstić information content (AvgIpc) is 2.35. The fourth-order valence-corrected chi connectivity index (χ4v) is 6.84. The number of nitrogens with one attached hydrogen (secondary N) is 2. The molecule has 0 aromatic heterocycles. The molecule has 0 bridgehead atoms. The van der Waals surface area contributed by atoms with E-state index < -0.39 is 39.1 Å². The van der Waals surface area contributed by atoms with Gasteiger partial charge >= 0.3 is 68.7 Å². The van der Waals surface area contributed by atoms with Crippen molar-refractivity contribution < 1.29 is 74.1 Å². The van der Waals surface area contributed by atoms with Gasteiger partial charge in [0, 0.05) is 26.2 Å². The summed E-state index contributed by atoms with van der Waals surface area (Å²) in [6.07, 6.45) is 0. The maximum atomic E-state index is 11.5. The Morgan fingerprint density at radius 1 is 0.655 bits per heavy atom. The van der Waals surface area contributed by atoms with Crippen LogP contribution in [0.4, 0.5) is 0 Å². The van der Waals surface area contributed by atoms with E-state index in [-0.39, 0.29) is 42.6 Å². The van der Waals surface area contributed by atoms with Gasteiger partial charge in [0.1, 0.15) is 0 Å². The van der Waals surface area contributed by atoms with Crippen LogP contribution in [0.3, 0.4) is 0 Å². The van der Waals surface area contributed by atoms with Crippen LogP contribution in [0.25, 0.3) is 0 Å². The van der Waals surface area contributed by atoms with Gasteiger partial charge in [-0.1, -0.05) is 0 Å². The van der Waals surface area contributed by atoms with Crippen LogP contribution in [0.15, 0.2) is 0 Å². The first-order valence-electron chi connectivity index (χ1n) is 6.43. The fourth-order valence-electron chi connectivity index (χ4n) is 1.08. The SMILES string of the molecule is NCCNCCNOP(=O)(O)OP(=O)(O)OP(=O)(O)OP(=O)(O)OP(=O)(O)O.[NaH]. The number of rotatable bonds is 15. The van der Waals surface area contributed by atoms with Crippen molar-refractivity contribution >= 4 is 68.7 Å². The van der Waals surface area contributed by atoms with Gasteiger partial charge in [0.25, 0.3) is 0 Å². The first-order chi connectivity index (χ1) is 12.4. The second kappa shape index (κ2) is 13.3. The summed E-state index contributed by atoms with van der Waals surface area (Å²) in [6, 6.07) is 0. The third-order valence-corrected chi connectivity index (χ3v) is 8.72. The molecule has 172 valence electrons. The van der Waals surface area contributed by atoms with Gasteiger partial charge in [0.05, 0.1) is 0 Å². The standard InChI is InChI=1S/C4H18N3O16P5.Na.H/c5-1-2-6-3-4-7-19-25(11,12)21-27(15,16)23-28(17,18)22-26(13,14)20-24(8,9)10;;/h6-7H,1-5H2,(H,11,12)(H,13,14)(H,15,16)(H,17,18)(H2,8,9,10);;. The molecule has 0 aromatic rings. The van der Waals surface area contributed by atoms with E-state index >= 15 is 0 Å². The molecule has 4 unspecified atom stereocenters. The van der Waals surface area contributed by atoms with Gasteiger partial charge < -0.3 is 40.4 Å². The molecule has 0 heterocycles. The summed E-state index contributed by atoms with van der Waals surface area (Å²) in [4.78, 5) is 52.9. The number of hydroxylamine groups is 1. The van der Waals surface area contributed by atoms with Crippen molar-refractivity contribution in [3.05, 3.63) is 0 Å². The first-order valence-corrected chi connectivity index (χ1v) is 13.9. The van der Waals surface area contributed by atoms with Crippen LogP contribution in [-0.2, 0) is 44.7 Å². The van der Waals surface area contributed by atoms with Crippen LogP contribution >= 0.6 is 39.1 Å². The van der Waals surface area contributed by atoms with Gasteiger partial charge in [-0.2, -0.15) is 27.3 Å². The molecule has 0 spiro atoms. The molecule has 0 aromatic carbocycles. The Kier molecular flexibility index (Phi) is 15.1. The Hall–Kier alpha value is 1.59. The van der Waals surface area contributed by atoms with E-state index in [4.69, 9.17) is 30.2 Å². The van der Waals surface area contributed by atoms with Crippen molar-refractivity contribution in [2.45, 2.75) is 0 Å². The number of hydrogen-bond acceptors (Lipinski definition) is 13. The van der Waals surface area contributed by atoms with Gasteiger partial charge in [-0.05, 0) is 0 Å². The van der Waals surface area contributed by atoms with Gasteiger partial charge in [0.15, 0.2) is 0 Å². The van der Waals surface area contributed by atoms with Crippen LogP contribution < -0.4 is 16.5 Å². The Balaban J connectivity index is 0. The minimum absolute atomic E-state index is 0. The quantitative estimate of drug-likeness (QED) is 0.0465. The van der Waals surface area contributed by atoms with Crippen LogP contribution in [0.1, 0.15) is 0 Å². The third-order valence-electron chi connectivity index (χ3n) is 1.73. The van der Waals surface area contributed by atoms with Gasteiger partial charge in [-0.3, -0.25) is 0 Å². The molecule has 19 nitrogen and oxygen atoms in total. The Bertz CT molecular complexity index is 740. The van der Waals surface area contributed by atoms with Crippen LogP contribution in [-0.4, -0.2) is 85.1 Å². The van der Waals surface area contributed by atoms with E-state index in [1.165, 1.54) is 0 Å². The molecule has 0 saturated carbocycles. The van der Waals surface area contributed by atoms with Gasteiger partial charge in [-0.15, -0.1) is 0 Å². The second-order valence-electron chi connectivity index (χ2n) is 4.22. The minimum atomic E-state index is -6.10. The number of nitrogens with two attached hydrogens (primary N) is 1. The van der Waals surface area contributed by atoms with Crippen molar-refractivity contribution in [1.29, 1.82) is 0 Å². The molecule has 0 aliphatic carbocycles.